The molecular weight excluding hydrogens is 200 g/mol. The molecule has 0 unspecified atom stereocenters. The van der Waals surface area contributed by atoms with E-state index in [0.29, 0.717) is 24.4 Å². The van der Waals surface area contributed by atoms with Crippen LogP contribution in [0, 0.1) is 5.92 Å². The smallest absolute Gasteiger partial charge is 0.149 e. The number of nitrogens with zero attached hydrogens (tertiary/aromatic N) is 2. The predicted octanol–water partition coefficient (Wildman–Crippen LogP) is 1.63. The van der Waals surface area contributed by atoms with Crippen molar-refractivity contribution in [2.45, 2.75) is 46.7 Å². The molecule has 0 radical (unpaired) electrons. The van der Waals surface area contributed by atoms with Crippen LogP contribution in [0.15, 0.2) is 0 Å². The lowest BCUT2D eigenvalue weighted by Gasteiger charge is -2.42. The summed E-state index contributed by atoms with van der Waals surface area (Å²) in [5, 5.41) is 0. The highest BCUT2D eigenvalue weighted by molar-refractivity contribution is 5.82. The SMILES string of the molecule is CC(C)C(=O)CN1CCN(C(C)C)[C@@H](C)C1. The first-order valence-electron chi connectivity index (χ1n) is 6.42. The van der Waals surface area contributed by atoms with Crippen molar-refractivity contribution < 1.29 is 4.79 Å². The van der Waals surface area contributed by atoms with Gasteiger partial charge in [-0.25, -0.2) is 0 Å². The van der Waals surface area contributed by atoms with Gasteiger partial charge in [0.1, 0.15) is 5.78 Å². The van der Waals surface area contributed by atoms with Crippen LogP contribution in [0.4, 0.5) is 0 Å². The summed E-state index contributed by atoms with van der Waals surface area (Å²) >= 11 is 0. The Bertz CT molecular complexity index is 238. The van der Waals surface area contributed by atoms with Gasteiger partial charge in [-0.3, -0.25) is 14.6 Å². The van der Waals surface area contributed by atoms with E-state index < -0.39 is 0 Å². The molecule has 16 heavy (non-hydrogen) atoms. The summed E-state index contributed by atoms with van der Waals surface area (Å²) in [6, 6.07) is 1.17. The Morgan fingerprint density at radius 2 is 1.88 bits per heavy atom. The zero-order valence-corrected chi connectivity index (χ0v) is 11.4. The second-order valence-electron chi connectivity index (χ2n) is 5.54. The molecule has 1 aliphatic heterocycles. The molecular formula is C13H26N2O. The number of hydrogen-bond donors (Lipinski definition) is 0. The van der Waals surface area contributed by atoms with E-state index in [2.05, 4.69) is 30.6 Å². The maximum Gasteiger partial charge on any atom is 0.149 e. The molecule has 0 bridgehead atoms. The molecule has 0 spiro atoms. The molecule has 1 rings (SSSR count). The van der Waals surface area contributed by atoms with Crippen LogP contribution < -0.4 is 0 Å². The quantitative estimate of drug-likeness (QED) is 0.728. The van der Waals surface area contributed by atoms with E-state index in [1.165, 1.54) is 0 Å². The van der Waals surface area contributed by atoms with E-state index in [-0.39, 0.29) is 5.92 Å². The third-order valence-corrected chi connectivity index (χ3v) is 3.45. The van der Waals surface area contributed by atoms with Crippen molar-refractivity contribution in [3.63, 3.8) is 0 Å². The Kier molecular flexibility index (Phi) is 4.93. The molecule has 0 aromatic carbocycles. The van der Waals surface area contributed by atoms with E-state index in [0.717, 1.165) is 19.6 Å². The average Bonchev–Trinajstić information content (AvgIpc) is 2.16. The highest BCUT2D eigenvalue weighted by atomic mass is 16.1. The van der Waals surface area contributed by atoms with E-state index in [1.54, 1.807) is 0 Å². The third kappa shape index (κ3) is 3.56. The summed E-state index contributed by atoms with van der Waals surface area (Å²) in [5.41, 5.74) is 0. The Labute approximate surface area is 99.8 Å². The summed E-state index contributed by atoms with van der Waals surface area (Å²) < 4.78 is 0. The minimum Gasteiger partial charge on any atom is -0.298 e. The molecule has 0 aliphatic carbocycles. The predicted molar refractivity (Wildman–Crippen MR) is 67.6 cm³/mol. The van der Waals surface area contributed by atoms with Gasteiger partial charge in [0, 0.05) is 37.6 Å². The van der Waals surface area contributed by atoms with E-state index in [9.17, 15) is 4.79 Å². The maximum absolute atomic E-state index is 11.7. The number of carbonyl (C=O) groups is 1. The molecule has 3 nitrogen and oxygen atoms in total. The van der Waals surface area contributed by atoms with E-state index >= 15 is 0 Å². The average molecular weight is 226 g/mol. The molecule has 0 amide bonds. The van der Waals surface area contributed by atoms with Gasteiger partial charge < -0.3 is 0 Å². The molecule has 1 heterocycles. The molecule has 0 saturated carbocycles. The second kappa shape index (κ2) is 5.78. The number of carbonyl (C=O) groups excluding carboxylic acids is 1. The first-order chi connectivity index (χ1) is 7.41. The van der Waals surface area contributed by atoms with Gasteiger partial charge in [-0.1, -0.05) is 13.8 Å². The number of hydrogen-bond acceptors (Lipinski definition) is 3. The lowest BCUT2D eigenvalue weighted by molar-refractivity contribution is -0.123. The van der Waals surface area contributed by atoms with Crippen LogP contribution in [0.3, 0.4) is 0 Å². The number of rotatable bonds is 4. The van der Waals surface area contributed by atoms with Crippen LogP contribution in [0.2, 0.25) is 0 Å². The monoisotopic (exact) mass is 226 g/mol. The Hall–Kier alpha value is -0.410. The largest absolute Gasteiger partial charge is 0.298 e. The van der Waals surface area contributed by atoms with Gasteiger partial charge in [0.2, 0.25) is 0 Å². The lowest BCUT2D eigenvalue weighted by atomic mass is 10.1. The van der Waals surface area contributed by atoms with Crippen molar-refractivity contribution >= 4 is 5.78 Å². The molecule has 0 aromatic heterocycles. The first kappa shape index (κ1) is 13.7. The topological polar surface area (TPSA) is 23.6 Å². The molecule has 3 heteroatoms. The van der Waals surface area contributed by atoms with Crippen LogP contribution in [0.5, 0.6) is 0 Å². The highest BCUT2D eigenvalue weighted by Crippen LogP contribution is 2.13. The standard InChI is InChI=1S/C13H26N2O/c1-10(2)13(16)9-14-6-7-15(11(3)4)12(5)8-14/h10-12H,6-9H2,1-5H3/t12-/m0/s1. The van der Waals surface area contributed by atoms with Crippen molar-refractivity contribution in [2.24, 2.45) is 5.92 Å². The first-order valence-corrected chi connectivity index (χ1v) is 6.42. The van der Waals surface area contributed by atoms with Crippen molar-refractivity contribution in [3.05, 3.63) is 0 Å². The highest BCUT2D eigenvalue weighted by Gasteiger charge is 2.26. The van der Waals surface area contributed by atoms with Gasteiger partial charge in [-0.2, -0.15) is 0 Å². The second-order valence-corrected chi connectivity index (χ2v) is 5.54. The van der Waals surface area contributed by atoms with Gasteiger partial charge in [0.25, 0.3) is 0 Å². The number of ketones is 1. The van der Waals surface area contributed by atoms with Crippen molar-refractivity contribution in [1.29, 1.82) is 0 Å². The van der Waals surface area contributed by atoms with Crippen LogP contribution in [0.1, 0.15) is 34.6 Å². The summed E-state index contributed by atoms with van der Waals surface area (Å²) in [6.45, 7) is 14.5. The van der Waals surface area contributed by atoms with E-state index in [4.69, 9.17) is 0 Å². The third-order valence-electron chi connectivity index (χ3n) is 3.45. The fourth-order valence-electron chi connectivity index (χ4n) is 2.36. The Morgan fingerprint density at radius 3 is 2.31 bits per heavy atom. The van der Waals surface area contributed by atoms with Gasteiger partial charge in [0.05, 0.1) is 6.54 Å². The zero-order valence-electron chi connectivity index (χ0n) is 11.4. The van der Waals surface area contributed by atoms with Crippen LogP contribution in [0.25, 0.3) is 0 Å². The van der Waals surface area contributed by atoms with Crippen LogP contribution >= 0.6 is 0 Å². The van der Waals surface area contributed by atoms with Crippen molar-refractivity contribution in [2.75, 3.05) is 26.2 Å². The zero-order chi connectivity index (χ0) is 12.3. The number of Topliss-reactive ketones (excluding diaryl/α,β-unsaturated/α-hetero) is 1. The Morgan fingerprint density at radius 1 is 1.25 bits per heavy atom. The minimum atomic E-state index is 0.165. The molecule has 1 atom stereocenters. The Balaban J connectivity index is 2.42. The molecule has 1 saturated heterocycles. The van der Waals surface area contributed by atoms with Gasteiger partial charge >= 0.3 is 0 Å². The van der Waals surface area contributed by atoms with Crippen molar-refractivity contribution in [1.82, 2.24) is 9.80 Å². The summed E-state index contributed by atoms with van der Waals surface area (Å²) in [7, 11) is 0. The van der Waals surface area contributed by atoms with Gasteiger partial charge in [0.15, 0.2) is 0 Å². The van der Waals surface area contributed by atoms with E-state index in [1.807, 2.05) is 13.8 Å². The molecule has 1 aliphatic rings. The van der Waals surface area contributed by atoms with Crippen molar-refractivity contribution in [3.8, 4) is 0 Å². The fourth-order valence-corrected chi connectivity index (χ4v) is 2.36. The van der Waals surface area contributed by atoms with Gasteiger partial charge in [-0.15, -0.1) is 0 Å². The number of piperazine rings is 1. The molecule has 0 N–H and O–H groups in total. The van der Waals surface area contributed by atoms with Crippen LogP contribution in [-0.4, -0.2) is 53.8 Å². The van der Waals surface area contributed by atoms with Gasteiger partial charge in [-0.05, 0) is 20.8 Å². The minimum absolute atomic E-state index is 0.165. The summed E-state index contributed by atoms with van der Waals surface area (Å²) in [5.74, 6) is 0.531. The van der Waals surface area contributed by atoms with Crippen LogP contribution in [-0.2, 0) is 4.79 Å². The molecule has 1 fully saturated rings. The lowest BCUT2D eigenvalue weighted by Crippen LogP contribution is -2.55. The fraction of sp³-hybridized carbons (Fsp3) is 0.923. The normalized spacial score (nSPS) is 24.3. The summed E-state index contributed by atoms with van der Waals surface area (Å²) in [6.07, 6.45) is 0. The molecule has 0 aromatic rings. The molecule has 94 valence electrons. The maximum atomic E-state index is 11.7. The summed E-state index contributed by atoms with van der Waals surface area (Å²) in [4.78, 5) is 16.5.